The molecule has 0 bridgehead atoms. The van der Waals surface area contributed by atoms with Gasteiger partial charge < -0.3 is 15.4 Å². The van der Waals surface area contributed by atoms with E-state index in [2.05, 4.69) is 24.5 Å². The number of anilines is 2. The molecule has 0 fully saturated rings. The molecule has 124 valence electrons. The van der Waals surface area contributed by atoms with Crippen molar-refractivity contribution in [3.05, 3.63) is 54.3 Å². The molecule has 2 aromatic carbocycles. The average molecular weight is 316 g/mol. The normalized spacial score (nSPS) is 10.6. The van der Waals surface area contributed by atoms with Crippen LogP contribution in [0.15, 0.2) is 48.5 Å². The van der Waals surface area contributed by atoms with Crippen molar-refractivity contribution in [3.63, 3.8) is 0 Å². The van der Waals surface area contributed by atoms with Crippen LogP contribution in [0.1, 0.15) is 20.3 Å². The van der Waals surface area contributed by atoms with Gasteiger partial charge in [-0.1, -0.05) is 19.9 Å². The minimum absolute atomic E-state index is 0.219. The standard InChI is InChI=1S/C19H25FN2O/c1-15(2)10-13-23-19-5-3-4-18(14-19)22-12-11-21-17-8-6-16(20)7-9-17/h3-9,14-15,21-22H,10-13H2,1-2H3. The van der Waals surface area contributed by atoms with Crippen molar-refractivity contribution in [1.29, 1.82) is 0 Å². The Kier molecular flexibility index (Phi) is 6.73. The molecule has 0 aliphatic carbocycles. The van der Waals surface area contributed by atoms with Gasteiger partial charge in [0.05, 0.1) is 6.61 Å². The zero-order valence-corrected chi connectivity index (χ0v) is 13.8. The van der Waals surface area contributed by atoms with E-state index < -0.39 is 0 Å². The second-order valence-corrected chi connectivity index (χ2v) is 5.92. The first-order valence-corrected chi connectivity index (χ1v) is 8.09. The number of hydrogen-bond acceptors (Lipinski definition) is 3. The van der Waals surface area contributed by atoms with Crippen LogP contribution < -0.4 is 15.4 Å². The van der Waals surface area contributed by atoms with Crippen molar-refractivity contribution < 1.29 is 9.13 Å². The van der Waals surface area contributed by atoms with Crippen LogP contribution in [0.2, 0.25) is 0 Å². The highest BCUT2D eigenvalue weighted by Gasteiger charge is 1.99. The smallest absolute Gasteiger partial charge is 0.123 e. The van der Waals surface area contributed by atoms with E-state index in [1.165, 1.54) is 12.1 Å². The monoisotopic (exact) mass is 316 g/mol. The summed E-state index contributed by atoms with van der Waals surface area (Å²) in [6, 6.07) is 14.4. The fourth-order valence-corrected chi connectivity index (χ4v) is 2.09. The first-order chi connectivity index (χ1) is 11.1. The molecule has 0 saturated carbocycles. The Morgan fingerprint density at radius 1 is 0.957 bits per heavy atom. The van der Waals surface area contributed by atoms with Crippen LogP contribution in [-0.2, 0) is 0 Å². The number of halogens is 1. The molecule has 0 heterocycles. The molecule has 2 aromatic rings. The molecule has 0 unspecified atom stereocenters. The molecular weight excluding hydrogens is 291 g/mol. The molecule has 0 aliphatic rings. The first kappa shape index (κ1) is 17.1. The second-order valence-electron chi connectivity index (χ2n) is 5.92. The highest BCUT2D eigenvalue weighted by Crippen LogP contribution is 2.18. The molecule has 0 amide bonds. The van der Waals surface area contributed by atoms with E-state index in [9.17, 15) is 4.39 Å². The van der Waals surface area contributed by atoms with Crippen LogP contribution >= 0.6 is 0 Å². The molecule has 0 aliphatic heterocycles. The number of benzene rings is 2. The lowest BCUT2D eigenvalue weighted by Gasteiger charge is -2.11. The van der Waals surface area contributed by atoms with Crippen molar-refractivity contribution in [2.75, 3.05) is 30.3 Å². The van der Waals surface area contributed by atoms with Gasteiger partial charge in [-0.15, -0.1) is 0 Å². The summed E-state index contributed by atoms with van der Waals surface area (Å²) in [4.78, 5) is 0. The zero-order valence-electron chi connectivity index (χ0n) is 13.8. The molecule has 0 spiro atoms. The van der Waals surface area contributed by atoms with E-state index in [0.29, 0.717) is 5.92 Å². The predicted molar refractivity (Wildman–Crippen MR) is 94.8 cm³/mol. The van der Waals surface area contributed by atoms with Crippen LogP contribution in [0.5, 0.6) is 5.75 Å². The van der Waals surface area contributed by atoms with E-state index in [4.69, 9.17) is 4.74 Å². The number of hydrogen-bond donors (Lipinski definition) is 2. The Labute approximate surface area is 137 Å². The van der Waals surface area contributed by atoms with Gasteiger partial charge in [0.25, 0.3) is 0 Å². The lowest BCUT2D eigenvalue weighted by molar-refractivity contribution is 0.289. The van der Waals surface area contributed by atoms with Gasteiger partial charge in [0.2, 0.25) is 0 Å². The minimum Gasteiger partial charge on any atom is -0.494 e. The molecule has 2 N–H and O–H groups in total. The van der Waals surface area contributed by atoms with E-state index in [0.717, 1.165) is 43.2 Å². The summed E-state index contributed by atoms with van der Waals surface area (Å²) in [5.41, 5.74) is 1.95. The van der Waals surface area contributed by atoms with Crippen molar-refractivity contribution in [1.82, 2.24) is 0 Å². The molecular formula is C19H25FN2O. The number of rotatable bonds is 9. The summed E-state index contributed by atoms with van der Waals surface area (Å²) in [5.74, 6) is 1.32. The minimum atomic E-state index is -0.219. The maximum atomic E-state index is 12.8. The Morgan fingerprint density at radius 2 is 1.65 bits per heavy atom. The van der Waals surface area contributed by atoms with Gasteiger partial charge in [-0.25, -0.2) is 4.39 Å². The van der Waals surface area contributed by atoms with Gasteiger partial charge in [0, 0.05) is 30.5 Å². The molecule has 3 nitrogen and oxygen atoms in total. The zero-order chi connectivity index (χ0) is 16.5. The van der Waals surface area contributed by atoms with Gasteiger partial charge in [0.15, 0.2) is 0 Å². The molecule has 2 rings (SSSR count). The van der Waals surface area contributed by atoms with E-state index in [1.807, 2.05) is 24.3 Å². The Hall–Kier alpha value is -2.23. The maximum Gasteiger partial charge on any atom is 0.123 e. The van der Waals surface area contributed by atoms with E-state index >= 15 is 0 Å². The summed E-state index contributed by atoms with van der Waals surface area (Å²) < 4.78 is 18.6. The van der Waals surface area contributed by atoms with Crippen molar-refractivity contribution >= 4 is 11.4 Å². The molecule has 0 saturated heterocycles. The van der Waals surface area contributed by atoms with Gasteiger partial charge in [-0.05, 0) is 48.7 Å². The van der Waals surface area contributed by atoms with Gasteiger partial charge in [0.1, 0.15) is 11.6 Å². The molecule has 4 heteroatoms. The topological polar surface area (TPSA) is 33.3 Å². The molecule has 23 heavy (non-hydrogen) atoms. The summed E-state index contributed by atoms with van der Waals surface area (Å²) in [6.45, 7) is 6.65. The summed E-state index contributed by atoms with van der Waals surface area (Å²) >= 11 is 0. The van der Waals surface area contributed by atoms with Crippen LogP contribution in [0, 0.1) is 11.7 Å². The summed E-state index contributed by atoms with van der Waals surface area (Å²) in [5, 5.41) is 6.59. The third kappa shape index (κ3) is 6.59. The highest BCUT2D eigenvalue weighted by molar-refractivity contribution is 5.48. The Balaban J connectivity index is 1.71. The Morgan fingerprint density at radius 3 is 2.35 bits per heavy atom. The Bertz CT molecular complexity index is 584. The lowest BCUT2D eigenvalue weighted by atomic mass is 10.1. The fourth-order valence-electron chi connectivity index (χ4n) is 2.09. The molecule has 0 atom stereocenters. The van der Waals surface area contributed by atoms with Crippen LogP contribution in [0.4, 0.5) is 15.8 Å². The SMILES string of the molecule is CC(C)CCOc1cccc(NCCNc2ccc(F)cc2)c1. The quantitative estimate of drug-likeness (QED) is 0.654. The number of ether oxygens (including phenoxy) is 1. The molecule has 0 radical (unpaired) electrons. The third-order valence-corrected chi connectivity index (χ3v) is 3.43. The van der Waals surface area contributed by atoms with E-state index in [1.54, 1.807) is 12.1 Å². The average Bonchev–Trinajstić information content (AvgIpc) is 2.53. The van der Waals surface area contributed by atoms with Crippen LogP contribution in [0.25, 0.3) is 0 Å². The van der Waals surface area contributed by atoms with Gasteiger partial charge in [-0.2, -0.15) is 0 Å². The van der Waals surface area contributed by atoms with Crippen LogP contribution in [0.3, 0.4) is 0 Å². The molecule has 0 aromatic heterocycles. The third-order valence-electron chi connectivity index (χ3n) is 3.43. The van der Waals surface area contributed by atoms with Crippen molar-refractivity contribution in [2.45, 2.75) is 20.3 Å². The second kappa shape index (κ2) is 9.03. The van der Waals surface area contributed by atoms with Gasteiger partial charge in [-0.3, -0.25) is 0 Å². The van der Waals surface area contributed by atoms with Crippen molar-refractivity contribution in [2.24, 2.45) is 5.92 Å². The van der Waals surface area contributed by atoms with E-state index in [-0.39, 0.29) is 5.82 Å². The maximum absolute atomic E-state index is 12.8. The summed E-state index contributed by atoms with van der Waals surface area (Å²) in [7, 11) is 0. The fraction of sp³-hybridized carbons (Fsp3) is 0.368. The van der Waals surface area contributed by atoms with Gasteiger partial charge >= 0.3 is 0 Å². The predicted octanol–water partition coefficient (Wildman–Crippen LogP) is 4.77. The van der Waals surface area contributed by atoms with Crippen molar-refractivity contribution in [3.8, 4) is 5.75 Å². The van der Waals surface area contributed by atoms with Crippen LogP contribution in [-0.4, -0.2) is 19.7 Å². The first-order valence-electron chi connectivity index (χ1n) is 8.09. The number of nitrogens with one attached hydrogen (secondary N) is 2. The highest BCUT2D eigenvalue weighted by atomic mass is 19.1. The summed E-state index contributed by atoms with van der Waals surface area (Å²) in [6.07, 6.45) is 1.05. The lowest BCUT2D eigenvalue weighted by Crippen LogP contribution is -2.13. The largest absolute Gasteiger partial charge is 0.494 e.